The first-order valence-corrected chi connectivity index (χ1v) is 11.2. The molecule has 0 atom stereocenters. The molecule has 0 unspecified atom stereocenters. The van der Waals surface area contributed by atoms with Gasteiger partial charge in [0.05, 0.1) is 6.21 Å². The summed E-state index contributed by atoms with van der Waals surface area (Å²) in [5, 5.41) is 4.87. The highest BCUT2D eigenvalue weighted by Crippen LogP contribution is 2.22. The predicted octanol–water partition coefficient (Wildman–Crippen LogP) is 6.00. The molecule has 1 aromatic heterocycles. The Balaban J connectivity index is 1.57. The van der Waals surface area contributed by atoms with Gasteiger partial charge in [-0.05, 0) is 81.3 Å². The van der Waals surface area contributed by atoms with Crippen LogP contribution in [0.2, 0.25) is 5.02 Å². The fourth-order valence-electron chi connectivity index (χ4n) is 3.20. The van der Waals surface area contributed by atoms with Crippen molar-refractivity contribution in [3.05, 3.63) is 81.6 Å². The molecule has 0 bridgehead atoms. The van der Waals surface area contributed by atoms with Gasteiger partial charge >= 0.3 is 0 Å². The van der Waals surface area contributed by atoms with Gasteiger partial charge in [-0.1, -0.05) is 17.7 Å². The molecule has 6 heteroatoms. The Morgan fingerprint density at radius 1 is 1.07 bits per heavy atom. The second kappa shape index (κ2) is 10.0. The van der Waals surface area contributed by atoms with E-state index in [0.717, 1.165) is 27.5 Å². The zero-order chi connectivity index (χ0) is 21.7. The summed E-state index contributed by atoms with van der Waals surface area (Å²) in [6, 6.07) is 16.1. The molecule has 1 heterocycles. The van der Waals surface area contributed by atoms with E-state index in [4.69, 9.17) is 11.6 Å². The Kier molecular flexibility index (Phi) is 7.40. The second-order valence-corrected chi connectivity index (χ2v) is 8.88. The van der Waals surface area contributed by atoms with Crippen LogP contribution in [-0.2, 0) is 4.79 Å². The van der Waals surface area contributed by atoms with E-state index in [1.165, 1.54) is 11.1 Å². The van der Waals surface area contributed by atoms with Crippen LogP contribution in [0.25, 0.3) is 5.69 Å². The van der Waals surface area contributed by atoms with Crippen LogP contribution in [0.1, 0.15) is 34.5 Å². The van der Waals surface area contributed by atoms with Crippen LogP contribution in [-0.4, -0.2) is 22.4 Å². The lowest BCUT2D eigenvalue weighted by atomic mass is 10.1. The van der Waals surface area contributed by atoms with E-state index in [1.54, 1.807) is 18.0 Å². The predicted molar refractivity (Wildman–Crippen MR) is 127 cm³/mol. The smallest absolute Gasteiger partial charge is 0.240 e. The van der Waals surface area contributed by atoms with E-state index in [0.29, 0.717) is 17.2 Å². The molecule has 2 aromatic carbocycles. The van der Waals surface area contributed by atoms with Gasteiger partial charge in [0.2, 0.25) is 5.91 Å². The maximum absolute atomic E-state index is 12.1. The number of nitrogens with one attached hydrogen (secondary N) is 1. The first-order valence-electron chi connectivity index (χ1n) is 9.82. The van der Waals surface area contributed by atoms with Crippen molar-refractivity contribution in [3.8, 4) is 5.69 Å². The normalized spacial score (nSPS) is 11.2. The van der Waals surface area contributed by atoms with E-state index in [2.05, 4.69) is 67.1 Å². The topological polar surface area (TPSA) is 46.4 Å². The van der Waals surface area contributed by atoms with Crippen molar-refractivity contribution in [2.24, 2.45) is 5.10 Å². The summed E-state index contributed by atoms with van der Waals surface area (Å²) >= 11 is 7.50. The molecule has 3 rings (SSSR count). The Labute approximate surface area is 187 Å². The number of hydrogen-bond acceptors (Lipinski definition) is 3. The lowest BCUT2D eigenvalue weighted by Gasteiger charge is -2.11. The number of nitrogens with zero attached hydrogens (tertiary/aromatic N) is 2. The van der Waals surface area contributed by atoms with Crippen LogP contribution >= 0.6 is 23.4 Å². The lowest BCUT2D eigenvalue weighted by Crippen LogP contribution is -2.17. The fourth-order valence-corrected chi connectivity index (χ4v) is 4.18. The number of carbonyl (C=O) groups excluding carboxylic acids is 1. The third-order valence-electron chi connectivity index (χ3n) is 5.02. The minimum Gasteiger partial charge on any atom is -0.318 e. The number of carbonyl (C=O) groups is 1. The number of benzene rings is 2. The summed E-state index contributed by atoms with van der Waals surface area (Å²) in [7, 11) is 0. The third-order valence-corrected chi connectivity index (χ3v) is 6.29. The van der Waals surface area contributed by atoms with Crippen LogP contribution in [0.4, 0.5) is 0 Å². The largest absolute Gasteiger partial charge is 0.318 e. The summed E-state index contributed by atoms with van der Waals surface area (Å²) < 4.78 is 2.21. The van der Waals surface area contributed by atoms with Gasteiger partial charge in [0.25, 0.3) is 0 Å². The maximum Gasteiger partial charge on any atom is 0.240 e. The highest BCUT2D eigenvalue weighted by atomic mass is 35.5. The van der Waals surface area contributed by atoms with Crippen molar-refractivity contribution < 1.29 is 4.79 Å². The lowest BCUT2D eigenvalue weighted by molar-refractivity contribution is -0.120. The molecule has 0 aliphatic rings. The molecular formula is C24H26ClN3OS. The molecule has 156 valence electrons. The summed E-state index contributed by atoms with van der Waals surface area (Å²) in [6.45, 7) is 8.37. The molecule has 3 aromatic rings. The van der Waals surface area contributed by atoms with Gasteiger partial charge in [-0.25, -0.2) is 5.43 Å². The summed E-state index contributed by atoms with van der Waals surface area (Å²) in [4.78, 5) is 13.2. The molecular weight excluding hydrogens is 414 g/mol. The molecule has 0 fully saturated rings. The number of halogens is 1. The van der Waals surface area contributed by atoms with Crippen LogP contribution in [0.5, 0.6) is 0 Å². The number of aryl methyl sites for hydroxylation is 3. The van der Waals surface area contributed by atoms with Crippen molar-refractivity contribution >= 4 is 35.5 Å². The fraction of sp³-hybridized carbons (Fsp3) is 0.250. The number of rotatable bonds is 7. The van der Waals surface area contributed by atoms with E-state index >= 15 is 0 Å². The molecule has 0 radical (unpaired) electrons. The van der Waals surface area contributed by atoms with Gasteiger partial charge in [0.15, 0.2) is 0 Å². The molecule has 1 N–H and O–H groups in total. The summed E-state index contributed by atoms with van der Waals surface area (Å²) in [5.41, 5.74) is 9.51. The molecule has 0 spiro atoms. The second-order valence-electron chi connectivity index (χ2n) is 7.28. The zero-order valence-corrected chi connectivity index (χ0v) is 19.3. The molecule has 4 nitrogen and oxygen atoms in total. The Hall–Kier alpha value is -2.50. The third kappa shape index (κ3) is 5.55. The van der Waals surface area contributed by atoms with Crippen molar-refractivity contribution in [2.45, 2.75) is 39.0 Å². The van der Waals surface area contributed by atoms with Crippen molar-refractivity contribution in [3.63, 3.8) is 0 Å². The van der Waals surface area contributed by atoms with Crippen LogP contribution in [0, 0.1) is 27.7 Å². The number of thioether (sulfide) groups is 1. The van der Waals surface area contributed by atoms with Crippen LogP contribution in [0.15, 0.2) is 58.5 Å². The number of hydrazone groups is 1. The van der Waals surface area contributed by atoms with Crippen LogP contribution in [0.3, 0.4) is 0 Å². The van der Waals surface area contributed by atoms with E-state index in [-0.39, 0.29) is 5.91 Å². The van der Waals surface area contributed by atoms with E-state index < -0.39 is 0 Å². The average Bonchev–Trinajstić information content (AvgIpc) is 2.99. The van der Waals surface area contributed by atoms with Gasteiger partial charge in [-0.3, -0.25) is 4.79 Å². The maximum atomic E-state index is 12.1. The molecule has 30 heavy (non-hydrogen) atoms. The molecule has 0 saturated heterocycles. The molecule has 0 saturated carbocycles. The van der Waals surface area contributed by atoms with Gasteiger partial charge in [0.1, 0.15) is 0 Å². The first-order chi connectivity index (χ1) is 14.3. The van der Waals surface area contributed by atoms with Crippen LogP contribution < -0.4 is 5.43 Å². The number of amides is 1. The zero-order valence-electron chi connectivity index (χ0n) is 17.7. The highest BCUT2D eigenvalue weighted by molar-refractivity contribution is 7.99. The minimum atomic E-state index is -0.101. The average molecular weight is 440 g/mol. The van der Waals surface area contributed by atoms with Crippen molar-refractivity contribution in [1.29, 1.82) is 0 Å². The standard InChI is InChI=1S/C24H26ClN3OS/c1-16-5-8-22(13-17(16)2)28-18(3)14-20(19(28)4)15-26-27-24(29)11-12-30-23-9-6-21(25)7-10-23/h5-10,13-15H,11-12H2,1-4H3,(H,27,29)/b26-15-. The Morgan fingerprint density at radius 3 is 2.50 bits per heavy atom. The summed E-state index contributed by atoms with van der Waals surface area (Å²) in [5.74, 6) is 0.584. The Bertz CT molecular complexity index is 1070. The van der Waals surface area contributed by atoms with E-state index in [1.807, 2.05) is 24.3 Å². The van der Waals surface area contributed by atoms with Gasteiger partial charge in [-0.15, -0.1) is 11.8 Å². The van der Waals surface area contributed by atoms with Crippen molar-refractivity contribution in [2.75, 3.05) is 5.75 Å². The number of aromatic nitrogens is 1. The minimum absolute atomic E-state index is 0.101. The first kappa shape index (κ1) is 22.2. The van der Waals surface area contributed by atoms with Gasteiger partial charge in [0, 0.05) is 44.7 Å². The Morgan fingerprint density at radius 2 is 1.80 bits per heavy atom. The van der Waals surface area contributed by atoms with Gasteiger partial charge < -0.3 is 4.57 Å². The molecule has 0 aliphatic carbocycles. The molecule has 1 amide bonds. The monoisotopic (exact) mass is 439 g/mol. The SMILES string of the molecule is Cc1ccc(-n2c(C)cc(/C=N\NC(=O)CCSc3ccc(Cl)cc3)c2C)cc1C. The summed E-state index contributed by atoms with van der Waals surface area (Å²) in [6.07, 6.45) is 2.11. The highest BCUT2D eigenvalue weighted by Gasteiger charge is 2.10. The quantitative estimate of drug-likeness (QED) is 0.279. The van der Waals surface area contributed by atoms with E-state index in [9.17, 15) is 4.79 Å². The van der Waals surface area contributed by atoms with Crippen molar-refractivity contribution in [1.82, 2.24) is 9.99 Å². The molecule has 0 aliphatic heterocycles. The van der Waals surface area contributed by atoms with Gasteiger partial charge in [-0.2, -0.15) is 5.10 Å². The number of hydrogen-bond donors (Lipinski definition) is 1.